The number of aromatic hydroxyl groups is 2. The molecule has 0 fully saturated rings. The van der Waals surface area contributed by atoms with Crippen LogP contribution in [0.1, 0.15) is 87.4 Å². The highest BCUT2D eigenvalue weighted by atomic mass is 35.5. The number of nitrogens with zero attached hydrogens (tertiary/aromatic N) is 6. The third-order valence-corrected chi connectivity index (χ3v) is 11.3. The van der Waals surface area contributed by atoms with Crippen LogP contribution in [0.2, 0.25) is 5.02 Å². The molecule has 2 aromatic heterocycles. The highest BCUT2D eigenvalue weighted by molar-refractivity contribution is 6.31. The van der Waals surface area contributed by atoms with Crippen LogP contribution in [0, 0.1) is 0 Å². The first-order valence-electron chi connectivity index (χ1n) is 18.8. The van der Waals surface area contributed by atoms with E-state index in [0.29, 0.717) is 33.9 Å². The molecule has 9 heteroatoms. The highest BCUT2D eigenvalue weighted by Gasteiger charge is 2.33. The van der Waals surface area contributed by atoms with E-state index >= 15 is 0 Å². The maximum atomic E-state index is 12.2. The molecule has 0 aliphatic carbocycles. The van der Waals surface area contributed by atoms with Crippen LogP contribution in [0.4, 0.5) is 0 Å². The summed E-state index contributed by atoms with van der Waals surface area (Å²) >= 11 is 6.26. The molecule has 0 aliphatic rings. The van der Waals surface area contributed by atoms with E-state index in [1.165, 1.54) is 4.80 Å². The van der Waals surface area contributed by atoms with Crippen LogP contribution in [-0.4, -0.2) is 40.2 Å². The smallest absolute Gasteiger partial charge is 0.147 e. The van der Waals surface area contributed by atoms with Crippen LogP contribution in [0.5, 0.6) is 11.5 Å². The molecule has 0 amide bonds. The number of phenols is 2. The molecule has 8 aromatic rings. The Bertz CT molecular complexity index is 2730. The van der Waals surface area contributed by atoms with Gasteiger partial charge in [0.05, 0.1) is 0 Å². The summed E-state index contributed by atoms with van der Waals surface area (Å²) in [6.45, 7) is 15.0. The van der Waals surface area contributed by atoms with Crippen LogP contribution >= 0.6 is 11.6 Å². The van der Waals surface area contributed by atoms with E-state index in [0.717, 1.165) is 50.0 Å². The molecule has 0 atom stereocenters. The number of hydrogen-bond donors (Lipinski definition) is 2. The zero-order valence-corrected chi connectivity index (χ0v) is 33.5. The molecule has 0 saturated heterocycles. The summed E-state index contributed by atoms with van der Waals surface area (Å²) in [6, 6.07) is 40.2. The summed E-state index contributed by atoms with van der Waals surface area (Å²) in [7, 11) is 0. The van der Waals surface area contributed by atoms with Crippen LogP contribution in [0.15, 0.2) is 121 Å². The van der Waals surface area contributed by atoms with Crippen molar-refractivity contribution in [2.24, 2.45) is 0 Å². The minimum absolute atomic E-state index is 0.131. The minimum atomic E-state index is -0.638. The fourth-order valence-corrected chi connectivity index (χ4v) is 7.72. The van der Waals surface area contributed by atoms with Crippen molar-refractivity contribution in [3.05, 3.63) is 165 Å². The molecule has 0 bridgehead atoms. The van der Waals surface area contributed by atoms with E-state index < -0.39 is 10.8 Å². The monoisotopic (exact) mass is 760 g/mol. The molecule has 8 rings (SSSR count). The van der Waals surface area contributed by atoms with Crippen molar-refractivity contribution in [3.63, 3.8) is 0 Å². The van der Waals surface area contributed by atoms with E-state index in [4.69, 9.17) is 21.8 Å². The molecular weight excluding hydrogens is 716 g/mol. The van der Waals surface area contributed by atoms with Gasteiger partial charge in [-0.3, -0.25) is 0 Å². The third kappa shape index (κ3) is 6.68. The van der Waals surface area contributed by atoms with Crippen molar-refractivity contribution in [1.82, 2.24) is 30.0 Å². The largest absolute Gasteiger partial charge is 0.505 e. The average molecular weight is 761 g/mol. The topological polar surface area (TPSA) is 102 Å². The highest BCUT2D eigenvalue weighted by Crippen LogP contribution is 2.44. The van der Waals surface area contributed by atoms with Crippen molar-refractivity contribution in [1.29, 1.82) is 0 Å². The number of benzene rings is 6. The van der Waals surface area contributed by atoms with E-state index in [9.17, 15) is 10.2 Å². The Morgan fingerprint density at radius 3 is 1.71 bits per heavy atom. The van der Waals surface area contributed by atoms with Crippen molar-refractivity contribution < 1.29 is 10.2 Å². The first kappa shape index (κ1) is 37.0. The lowest BCUT2D eigenvalue weighted by atomic mass is 9.72. The van der Waals surface area contributed by atoms with Gasteiger partial charge >= 0.3 is 0 Å². The van der Waals surface area contributed by atoms with E-state index in [1.807, 2.05) is 48.5 Å². The molecule has 282 valence electrons. The third-order valence-electron chi connectivity index (χ3n) is 11.1. The van der Waals surface area contributed by atoms with Gasteiger partial charge < -0.3 is 10.2 Å². The molecule has 0 aliphatic heterocycles. The SMILES string of the molecule is CC(C)(C)c1cc(Cc2cccc(C(C)(C)c3cc(C(C)(C)c4ccccc4)cc(-n4nc5ccccc5n4)c3O)c2)cc(-n2nc3ccc(Cl)cc3n2)c1O. The summed E-state index contributed by atoms with van der Waals surface area (Å²) < 4.78 is 0. The second-order valence-corrected chi connectivity index (χ2v) is 17.2. The van der Waals surface area contributed by atoms with E-state index in [1.54, 1.807) is 16.9 Å². The standard InChI is InChI=1S/C47H45ClN6O2/c1-45(2,3)35-24-30(25-41(43(35)55)53-51-39-21-20-34(48)28-40(39)52-53)22-29-14-13-17-32(23-29)47(6,7)36-26-33(46(4,5)31-15-9-8-10-16-31)27-42(44(36)56)54-49-37-18-11-12-19-38(37)50-54/h8-21,23-28,55-56H,22H2,1-7H3. The normalized spacial score (nSPS) is 12.5. The lowest BCUT2D eigenvalue weighted by molar-refractivity contribution is 0.440. The van der Waals surface area contributed by atoms with Gasteiger partial charge in [0, 0.05) is 27.0 Å². The zero-order valence-electron chi connectivity index (χ0n) is 32.7. The molecule has 56 heavy (non-hydrogen) atoms. The predicted octanol–water partition coefficient (Wildman–Crippen LogP) is 10.8. The van der Waals surface area contributed by atoms with E-state index in [2.05, 4.69) is 119 Å². The quantitative estimate of drug-likeness (QED) is 0.160. The Balaban J connectivity index is 1.22. The molecule has 2 N–H and O–H groups in total. The Kier molecular flexibility index (Phi) is 9.00. The minimum Gasteiger partial charge on any atom is -0.505 e. The van der Waals surface area contributed by atoms with Gasteiger partial charge in [0.2, 0.25) is 0 Å². The fraction of sp³-hybridized carbons (Fsp3) is 0.234. The molecule has 0 unspecified atom stereocenters. The van der Waals surface area contributed by atoms with Crippen molar-refractivity contribution in [3.8, 4) is 22.9 Å². The Morgan fingerprint density at radius 2 is 1.05 bits per heavy atom. The summed E-state index contributed by atoms with van der Waals surface area (Å²) in [5.74, 6) is 0.276. The Morgan fingerprint density at radius 1 is 0.482 bits per heavy atom. The van der Waals surface area contributed by atoms with Gasteiger partial charge in [0.15, 0.2) is 0 Å². The predicted molar refractivity (Wildman–Crippen MR) is 225 cm³/mol. The van der Waals surface area contributed by atoms with Crippen LogP contribution < -0.4 is 0 Å². The summed E-state index contributed by atoms with van der Waals surface area (Å²) in [6.07, 6.45) is 0.592. The molecule has 0 radical (unpaired) electrons. The van der Waals surface area contributed by atoms with Gasteiger partial charge in [-0.1, -0.05) is 139 Å². The van der Waals surface area contributed by atoms with Crippen LogP contribution in [0.25, 0.3) is 33.4 Å². The van der Waals surface area contributed by atoms with Gasteiger partial charge in [-0.05, 0) is 82.1 Å². The lowest BCUT2D eigenvalue weighted by Gasteiger charge is -2.32. The van der Waals surface area contributed by atoms with Crippen molar-refractivity contribution >= 4 is 33.7 Å². The Hall–Kier alpha value is -5.99. The molecule has 6 aromatic carbocycles. The fourth-order valence-electron chi connectivity index (χ4n) is 7.56. The van der Waals surface area contributed by atoms with Gasteiger partial charge in [-0.15, -0.1) is 30.0 Å². The molecule has 0 saturated carbocycles. The van der Waals surface area contributed by atoms with Crippen LogP contribution in [-0.2, 0) is 22.7 Å². The van der Waals surface area contributed by atoms with Crippen molar-refractivity contribution in [2.45, 2.75) is 71.1 Å². The lowest BCUT2D eigenvalue weighted by Crippen LogP contribution is -2.24. The Labute approximate surface area is 332 Å². The van der Waals surface area contributed by atoms with Gasteiger partial charge in [-0.25, -0.2) is 0 Å². The summed E-state index contributed by atoms with van der Waals surface area (Å²) in [5.41, 5.74) is 9.37. The first-order chi connectivity index (χ1) is 26.6. The number of aromatic nitrogens is 6. The molecular formula is C47H45ClN6O2. The molecule has 2 heterocycles. The van der Waals surface area contributed by atoms with Gasteiger partial charge in [0.1, 0.15) is 44.9 Å². The first-order valence-corrected chi connectivity index (χ1v) is 19.2. The second kappa shape index (κ2) is 13.6. The van der Waals surface area contributed by atoms with Crippen molar-refractivity contribution in [2.75, 3.05) is 0 Å². The van der Waals surface area contributed by atoms with Crippen LogP contribution in [0.3, 0.4) is 0 Å². The molecule has 0 spiro atoms. The number of halogens is 1. The average Bonchev–Trinajstić information content (AvgIpc) is 3.79. The maximum Gasteiger partial charge on any atom is 0.147 e. The number of fused-ring (bicyclic) bond motifs is 2. The number of phenolic OH excluding ortho intramolecular Hbond substituents is 2. The summed E-state index contributed by atoms with van der Waals surface area (Å²) in [4.78, 5) is 3.05. The second-order valence-electron chi connectivity index (χ2n) is 16.7. The number of hydrogen-bond acceptors (Lipinski definition) is 6. The zero-order chi connectivity index (χ0) is 39.6. The molecule has 8 nitrogen and oxygen atoms in total. The van der Waals surface area contributed by atoms with Gasteiger partial charge in [-0.2, -0.15) is 0 Å². The maximum absolute atomic E-state index is 12.2. The van der Waals surface area contributed by atoms with E-state index in [-0.39, 0.29) is 16.9 Å². The number of rotatable bonds is 8. The van der Waals surface area contributed by atoms with Gasteiger partial charge in [0.25, 0.3) is 0 Å². The summed E-state index contributed by atoms with van der Waals surface area (Å²) in [5, 5.41) is 43.3.